The van der Waals surface area contributed by atoms with Crippen molar-refractivity contribution < 1.29 is 22.9 Å². The molecule has 0 saturated carbocycles. The highest BCUT2D eigenvalue weighted by Crippen LogP contribution is 2.30. The minimum atomic E-state index is -3.70. The number of nitrogens with zero attached hydrogens (tertiary/aromatic N) is 2. The maximum absolute atomic E-state index is 12.9. The number of sulfone groups is 1. The first-order valence-electron chi connectivity index (χ1n) is 8.42. The van der Waals surface area contributed by atoms with Gasteiger partial charge in [0.15, 0.2) is 9.84 Å². The van der Waals surface area contributed by atoms with Gasteiger partial charge in [0, 0.05) is 23.2 Å². The van der Waals surface area contributed by atoms with Crippen molar-refractivity contribution in [1.29, 1.82) is 0 Å². The molecule has 1 N–H and O–H groups in total. The van der Waals surface area contributed by atoms with Gasteiger partial charge in [0.1, 0.15) is 5.54 Å². The summed E-state index contributed by atoms with van der Waals surface area (Å²) in [4.78, 5) is 36.4. The molecule has 0 aromatic heterocycles. The zero-order valence-corrected chi connectivity index (χ0v) is 17.6. The number of nitro groups is 1. The van der Waals surface area contributed by atoms with Crippen LogP contribution < -0.4 is 5.32 Å². The summed E-state index contributed by atoms with van der Waals surface area (Å²) < 4.78 is 25.7. The van der Waals surface area contributed by atoms with E-state index < -0.39 is 38.0 Å². The molecule has 11 heteroatoms. The van der Waals surface area contributed by atoms with Crippen LogP contribution >= 0.6 is 15.9 Å². The van der Waals surface area contributed by atoms with Crippen LogP contribution in [0.25, 0.3) is 0 Å². The average molecular weight is 482 g/mol. The van der Waals surface area contributed by atoms with Crippen LogP contribution in [0.2, 0.25) is 0 Å². The third-order valence-electron chi connectivity index (χ3n) is 4.69. The second-order valence-electron chi connectivity index (χ2n) is 6.59. The minimum Gasteiger partial charge on any atom is -0.319 e. The summed E-state index contributed by atoms with van der Waals surface area (Å²) in [6.07, 6.45) is 0. The van der Waals surface area contributed by atoms with Crippen molar-refractivity contribution in [3.63, 3.8) is 0 Å². The lowest BCUT2D eigenvalue weighted by Gasteiger charge is -2.22. The molecule has 2 aromatic carbocycles. The number of hydrogen-bond acceptors (Lipinski definition) is 6. The summed E-state index contributed by atoms with van der Waals surface area (Å²) in [5, 5.41) is 13.3. The number of nitrogens with one attached hydrogen (secondary N) is 1. The molecule has 1 aliphatic heterocycles. The molecule has 3 rings (SSSR count). The zero-order valence-electron chi connectivity index (χ0n) is 15.2. The van der Waals surface area contributed by atoms with E-state index >= 15 is 0 Å². The Kier molecular flexibility index (Phi) is 5.46. The van der Waals surface area contributed by atoms with Crippen LogP contribution in [0.1, 0.15) is 12.5 Å². The number of halogens is 1. The first-order chi connectivity index (χ1) is 13.5. The third kappa shape index (κ3) is 4.01. The van der Waals surface area contributed by atoms with E-state index in [1.165, 1.54) is 43.3 Å². The number of carbonyl (C=O) groups excluding carboxylic acids is 2. The van der Waals surface area contributed by atoms with Gasteiger partial charge in [-0.3, -0.25) is 19.8 Å². The van der Waals surface area contributed by atoms with Gasteiger partial charge in [-0.05, 0) is 48.9 Å². The van der Waals surface area contributed by atoms with Gasteiger partial charge in [-0.25, -0.2) is 13.2 Å². The fourth-order valence-electron chi connectivity index (χ4n) is 2.98. The molecule has 1 fully saturated rings. The molecule has 1 aliphatic rings. The summed E-state index contributed by atoms with van der Waals surface area (Å²) in [5.41, 5.74) is -1.22. The van der Waals surface area contributed by atoms with Crippen LogP contribution in [-0.2, 0) is 20.2 Å². The van der Waals surface area contributed by atoms with Gasteiger partial charge in [0.05, 0.1) is 15.6 Å². The normalized spacial score (nSPS) is 19.3. The minimum absolute atomic E-state index is 0.0888. The number of amides is 3. The lowest BCUT2D eigenvalue weighted by molar-refractivity contribution is -0.384. The van der Waals surface area contributed by atoms with E-state index in [-0.39, 0.29) is 17.1 Å². The highest BCUT2D eigenvalue weighted by atomic mass is 79.9. The number of benzene rings is 2. The fraction of sp³-hybridized carbons (Fsp3) is 0.222. The van der Waals surface area contributed by atoms with Gasteiger partial charge in [0.25, 0.3) is 11.6 Å². The van der Waals surface area contributed by atoms with E-state index in [4.69, 9.17) is 0 Å². The molecular formula is C18H16BrN3O6S. The van der Waals surface area contributed by atoms with Gasteiger partial charge < -0.3 is 5.32 Å². The van der Waals surface area contributed by atoms with Crippen molar-refractivity contribution in [2.24, 2.45) is 0 Å². The molecule has 2 aromatic rings. The second-order valence-corrected chi connectivity index (χ2v) is 9.61. The molecule has 0 radical (unpaired) electrons. The summed E-state index contributed by atoms with van der Waals surface area (Å²) in [6.45, 7) is 1.16. The summed E-state index contributed by atoms with van der Waals surface area (Å²) >= 11 is 3.23. The Hall–Kier alpha value is -2.79. The van der Waals surface area contributed by atoms with Gasteiger partial charge in [-0.15, -0.1) is 0 Å². The number of nitro benzene ring substituents is 1. The Morgan fingerprint density at radius 3 is 2.24 bits per heavy atom. The molecule has 1 heterocycles. The van der Waals surface area contributed by atoms with Gasteiger partial charge in [-0.1, -0.05) is 15.9 Å². The molecule has 9 nitrogen and oxygen atoms in total. The van der Waals surface area contributed by atoms with E-state index in [1.807, 2.05) is 0 Å². The molecule has 152 valence electrons. The lowest BCUT2D eigenvalue weighted by atomic mass is 9.92. The number of non-ortho nitro benzene ring substituents is 1. The van der Waals surface area contributed by atoms with Crippen molar-refractivity contribution in [2.75, 3.05) is 12.3 Å². The molecule has 0 bridgehead atoms. The van der Waals surface area contributed by atoms with Crippen LogP contribution in [-0.4, -0.2) is 42.5 Å². The highest BCUT2D eigenvalue weighted by Gasteiger charge is 2.49. The molecule has 1 unspecified atom stereocenters. The van der Waals surface area contributed by atoms with Crippen LogP contribution in [0, 0.1) is 10.1 Å². The monoisotopic (exact) mass is 481 g/mol. The first-order valence-corrected chi connectivity index (χ1v) is 10.9. The Labute approximate surface area is 174 Å². The number of urea groups is 1. The average Bonchev–Trinajstić information content (AvgIpc) is 2.90. The third-order valence-corrected chi connectivity index (χ3v) is 6.93. The molecule has 0 spiro atoms. The predicted octanol–water partition coefficient (Wildman–Crippen LogP) is 2.60. The van der Waals surface area contributed by atoms with Crippen molar-refractivity contribution in [2.45, 2.75) is 17.4 Å². The van der Waals surface area contributed by atoms with E-state index in [0.717, 1.165) is 9.37 Å². The van der Waals surface area contributed by atoms with Gasteiger partial charge in [-0.2, -0.15) is 0 Å². The quantitative estimate of drug-likeness (QED) is 0.383. The summed E-state index contributed by atoms with van der Waals surface area (Å²) in [6, 6.07) is 10.6. The largest absolute Gasteiger partial charge is 0.325 e. The molecule has 3 amide bonds. The Morgan fingerprint density at radius 2 is 1.69 bits per heavy atom. The zero-order chi connectivity index (χ0) is 21.4. The topological polar surface area (TPSA) is 127 Å². The van der Waals surface area contributed by atoms with Crippen molar-refractivity contribution in [3.05, 3.63) is 68.7 Å². The maximum atomic E-state index is 12.9. The Balaban J connectivity index is 1.78. The van der Waals surface area contributed by atoms with Crippen molar-refractivity contribution in [3.8, 4) is 0 Å². The Morgan fingerprint density at radius 1 is 1.10 bits per heavy atom. The van der Waals surface area contributed by atoms with E-state index in [1.54, 1.807) is 12.1 Å². The van der Waals surface area contributed by atoms with Crippen LogP contribution in [0.4, 0.5) is 10.5 Å². The van der Waals surface area contributed by atoms with Gasteiger partial charge >= 0.3 is 6.03 Å². The Bertz CT molecular complexity index is 1090. The molecule has 29 heavy (non-hydrogen) atoms. The molecule has 0 aliphatic carbocycles. The van der Waals surface area contributed by atoms with Crippen molar-refractivity contribution in [1.82, 2.24) is 10.2 Å². The van der Waals surface area contributed by atoms with Crippen molar-refractivity contribution >= 4 is 43.4 Å². The standard InChI is InChI=1S/C18H16BrN3O6S/c1-18(12-2-6-14(7-3-12)22(25)26)16(23)21(17(24)20-18)10-11-29(27,28)15-8-4-13(19)5-9-15/h2-9H,10-11H2,1H3,(H,20,24). The number of imide groups is 1. The van der Waals surface area contributed by atoms with E-state index in [0.29, 0.717) is 5.56 Å². The smallest absolute Gasteiger partial charge is 0.319 e. The number of rotatable bonds is 6. The van der Waals surface area contributed by atoms with Gasteiger partial charge in [0.2, 0.25) is 0 Å². The highest BCUT2D eigenvalue weighted by molar-refractivity contribution is 9.10. The van der Waals surface area contributed by atoms with E-state index in [2.05, 4.69) is 21.2 Å². The summed E-state index contributed by atoms with van der Waals surface area (Å²) in [5.74, 6) is -1.05. The fourth-order valence-corrected chi connectivity index (χ4v) is 4.46. The number of hydrogen-bond donors (Lipinski definition) is 1. The molecule has 1 atom stereocenters. The predicted molar refractivity (Wildman–Crippen MR) is 107 cm³/mol. The van der Waals surface area contributed by atoms with Crippen LogP contribution in [0.15, 0.2) is 57.9 Å². The SMILES string of the molecule is CC1(c2ccc([N+](=O)[O-])cc2)NC(=O)N(CCS(=O)(=O)c2ccc(Br)cc2)C1=O. The lowest BCUT2D eigenvalue weighted by Crippen LogP contribution is -2.41. The van der Waals surface area contributed by atoms with Crippen LogP contribution in [0.3, 0.4) is 0 Å². The first kappa shape index (κ1) is 20.9. The molecule has 1 saturated heterocycles. The summed E-state index contributed by atoms with van der Waals surface area (Å²) in [7, 11) is -3.70. The van der Waals surface area contributed by atoms with E-state index in [9.17, 15) is 28.1 Å². The molecular weight excluding hydrogens is 466 g/mol. The maximum Gasteiger partial charge on any atom is 0.325 e. The second kappa shape index (κ2) is 7.56. The van der Waals surface area contributed by atoms with Crippen LogP contribution in [0.5, 0.6) is 0 Å². The number of carbonyl (C=O) groups is 2.